The van der Waals surface area contributed by atoms with Crippen molar-refractivity contribution in [1.29, 1.82) is 0 Å². The van der Waals surface area contributed by atoms with E-state index in [0.717, 1.165) is 56.3 Å². The molecule has 1 aromatic rings. The molecule has 2 fully saturated rings. The number of anilines is 1. The largest absolute Gasteiger partial charge is 0.339 e. The Morgan fingerprint density at radius 1 is 1.23 bits per heavy atom. The molecule has 0 bridgehead atoms. The second-order valence-electron chi connectivity index (χ2n) is 8.20. The molecule has 1 saturated carbocycles. The number of carbonyl (C=O) groups excluding carboxylic acids is 2. The Hall–Kier alpha value is -1.91. The van der Waals surface area contributed by atoms with Gasteiger partial charge in [0, 0.05) is 43.0 Å². The minimum atomic E-state index is -0.208. The Kier molecular flexibility index (Phi) is 4.49. The first kappa shape index (κ1) is 17.5. The molecule has 2 heterocycles. The van der Waals surface area contributed by atoms with Crippen LogP contribution in [0, 0.1) is 5.82 Å². The van der Waals surface area contributed by atoms with Crippen molar-refractivity contribution >= 4 is 17.5 Å². The average molecular weight is 358 g/mol. The van der Waals surface area contributed by atoms with Crippen molar-refractivity contribution in [1.82, 2.24) is 4.90 Å². The normalized spacial score (nSPS) is 22.8. The molecule has 140 valence electrons. The molecular weight excluding hydrogens is 331 g/mol. The first-order valence-electron chi connectivity index (χ1n) is 9.91. The Labute approximate surface area is 154 Å². The topological polar surface area (TPSA) is 40.6 Å². The summed E-state index contributed by atoms with van der Waals surface area (Å²) in [6.45, 7) is 3.28. The lowest BCUT2D eigenvalue weighted by Crippen LogP contribution is -2.45. The Morgan fingerprint density at radius 2 is 2.00 bits per heavy atom. The van der Waals surface area contributed by atoms with Crippen LogP contribution in [-0.2, 0) is 15.0 Å². The number of hydrogen-bond acceptors (Lipinski definition) is 2. The molecule has 1 aromatic carbocycles. The van der Waals surface area contributed by atoms with Crippen LogP contribution in [0.4, 0.5) is 10.1 Å². The van der Waals surface area contributed by atoms with Gasteiger partial charge in [0.25, 0.3) is 0 Å². The van der Waals surface area contributed by atoms with Crippen LogP contribution in [0.1, 0.15) is 63.9 Å². The molecule has 26 heavy (non-hydrogen) atoms. The molecule has 4 rings (SSSR count). The third kappa shape index (κ3) is 2.81. The fraction of sp³-hybridized carbons (Fsp3) is 0.619. The maximum Gasteiger partial charge on any atom is 0.229 e. The summed E-state index contributed by atoms with van der Waals surface area (Å²) < 4.78 is 14.6. The molecule has 0 radical (unpaired) electrons. The number of amides is 2. The molecular formula is C21H27FN2O2. The highest BCUT2D eigenvalue weighted by Gasteiger charge is 2.48. The number of benzene rings is 1. The van der Waals surface area contributed by atoms with Crippen LogP contribution in [0.2, 0.25) is 0 Å². The monoisotopic (exact) mass is 358 g/mol. The highest BCUT2D eigenvalue weighted by atomic mass is 19.1. The zero-order chi connectivity index (χ0) is 18.3. The van der Waals surface area contributed by atoms with Gasteiger partial charge in [0.15, 0.2) is 0 Å². The van der Waals surface area contributed by atoms with E-state index in [1.807, 2.05) is 17.9 Å². The van der Waals surface area contributed by atoms with Gasteiger partial charge in [-0.1, -0.05) is 18.9 Å². The minimum absolute atomic E-state index is 0.00602. The number of nitrogens with zero attached hydrogens (tertiary/aromatic N) is 2. The molecule has 1 aliphatic carbocycles. The Morgan fingerprint density at radius 3 is 2.73 bits per heavy atom. The van der Waals surface area contributed by atoms with Crippen LogP contribution < -0.4 is 4.90 Å². The third-order valence-corrected chi connectivity index (χ3v) is 6.50. The molecule has 1 saturated heterocycles. The quantitative estimate of drug-likeness (QED) is 0.825. The summed E-state index contributed by atoms with van der Waals surface area (Å²) >= 11 is 0. The summed E-state index contributed by atoms with van der Waals surface area (Å²) in [4.78, 5) is 28.9. The number of halogens is 1. The first-order chi connectivity index (χ1) is 12.5. The highest BCUT2D eigenvalue weighted by molar-refractivity contribution is 5.97. The van der Waals surface area contributed by atoms with Crippen molar-refractivity contribution in [2.45, 2.75) is 69.7 Å². The molecule has 2 amide bonds. The number of hydrogen-bond donors (Lipinski definition) is 0. The minimum Gasteiger partial charge on any atom is -0.339 e. The Balaban J connectivity index is 1.56. The van der Waals surface area contributed by atoms with Crippen LogP contribution >= 0.6 is 0 Å². The van der Waals surface area contributed by atoms with Gasteiger partial charge in [-0.3, -0.25) is 9.59 Å². The second-order valence-corrected chi connectivity index (χ2v) is 8.20. The fourth-order valence-corrected chi connectivity index (χ4v) is 5.18. The van der Waals surface area contributed by atoms with E-state index in [1.165, 1.54) is 6.07 Å². The van der Waals surface area contributed by atoms with E-state index in [9.17, 15) is 14.0 Å². The lowest BCUT2D eigenvalue weighted by molar-refractivity contribution is -0.136. The van der Waals surface area contributed by atoms with Crippen molar-refractivity contribution in [3.63, 3.8) is 0 Å². The Bertz CT molecular complexity index is 727. The van der Waals surface area contributed by atoms with Crippen LogP contribution in [-0.4, -0.2) is 35.8 Å². The summed E-state index contributed by atoms with van der Waals surface area (Å²) in [6, 6.07) is 4.98. The summed E-state index contributed by atoms with van der Waals surface area (Å²) in [7, 11) is 0. The fourth-order valence-electron chi connectivity index (χ4n) is 5.18. The van der Waals surface area contributed by atoms with E-state index in [0.29, 0.717) is 19.4 Å². The van der Waals surface area contributed by atoms with E-state index >= 15 is 0 Å². The van der Waals surface area contributed by atoms with Crippen molar-refractivity contribution in [3.8, 4) is 0 Å². The molecule has 1 atom stereocenters. The van der Waals surface area contributed by atoms with E-state index in [2.05, 4.69) is 0 Å². The van der Waals surface area contributed by atoms with Gasteiger partial charge >= 0.3 is 0 Å². The smallest absolute Gasteiger partial charge is 0.229 e. The summed E-state index contributed by atoms with van der Waals surface area (Å²) in [5, 5.41) is 0. The molecule has 0 N–H and O–H groups in total. The van der Waals surface area contributed by atoms with Crippen molar-refractivity contribution < 1.29 is 14.0 Å². The van der Waals surface area contributed by atoms with E-state index in [4.69, 9.17) is 0 Å². The van der Waals surface area contributed by atoms with Crippen molar-refractivity contribution in [2.75, 3.05) is 18.0 Å². The van der Waals surface area contributed by atoms with Crippen LogP contribution in [0.5, 0.6) is 0 Å². The summed E-state index contributed by atoms with van der Waals surface area (Å²) in [6.07, 6.45) is 6.92. The first-order valence-corrected chi connectivity index (χ1v) is 9.91. The van der Waals surface area contributed by atoms with Gasteiger partial charge in [-0.25, -0.2) is 4.39 Å². The van der Waals surface area contributed by atoms with Gasteiger partial charge in [0.05, 0.1) is 5.69 Å². The number of likely N-dealkylation sites (tertiary alicyclic amines) is 1. The number of carbonyl (C=O) groups is 2. The SMILES string of the molecule is CC(CC(=O)N1CC2(CCCC2)c2c(F)cccc21)N1CCCCC1=O. The van der Waals surface area contributed by atoms with Gasteiger partial charge < -0.3 is 9.80 Å². The van der Waals surface area contributed by atoms with E-state index in [-0.39, 0.29) is 29.1 Å². The number of rotatable bonds is 3. The maximum atomic E-state index is 14.6. The van der Waals surface area contributed by atoms with Crippen LogP contribution in [0.15, 0.2) is 18.2 Å². The number of fused-ring (bicyclic) bond motifs is 2. The van der Waals surface area contributed by atoms with Crippen molar-refractivity contribution in [3.05, 3.63) is 29.6 Å². The third-order valence-electron chi connectivity index (χ3n) is 6.50. The second kappa shape index (κ2) is 6.67. The van der Waals surface area contributed by atoms with Crippen molar-refractivity contribution in [2.24, 2.45) is 0 Å². The molecule has 1 unspecified atom stereocenters. The molecule has 1 spiro atoms. The maximum absolute atomic E-state index is 14.6. The predicted octanol–water partition coefficient (Wildman–Crippen LogP) is 3.78. The van der Waals surface area contributed by atoms with Gasteiger partial charge in [0.2, 0.25) is 11.8 Å². The molecule has 3 aliphatic rings. The zero-order valence-corrected chi connectivity index (χ0v) is 15.5. The zero-order valence-electron chi connectivity index (χ0n) is 15.5. The van der Waals surface area contributed by atoms with Gasteiger partial charge in [0.1, 0.15) is 5.82 Å². The average Bonchev–Trinajstić information content (AvgIpc) is 3.22. The lowest BCUT2D eigenvalue weighted by Gasteiger charge is -2.33. The van der Waals surface area contributed by atoms with Crippen LogP contribution in [0.25, 0.3) is 0 Å². The molecule has 5 heteroatoms. The van der Waals surface area contributed by atoms with Gasteiger partial charge in [-0.05, 0) is 44.7 Å². The molecule has 2 aliphatic heterocycles. The van der Waals surface area contributed by atoms with Crippen LogP contribution in [0.3, 0.4) is 0 Å². The van der Waals surface area contributed by atoms with E-state index < -0.39 is 0 Å². The number of piperidine rings is 1. The molecule has 0 aromatic heterocycles. The van der Waals surface area contributed by atoms with E-state index in [1.54, 1.807) is 11.0 Å². The highest BCUT2D eigenvalue weighted by Crippen LogP contribution is 2.51. The lowest BCUT2D eigenvalue weighted by atomic mass is 9.80. The summed E-state index contributed by atoms with van der Waals surface area (Å²) in [5.41, 5.74) is 1.28. The molecule has 4 nitrogen and oxygen atoms in total. The van der Waals surface area contributed by atoms with Gasteiger partial charge in [-0.2, -0.15) is 0 Å². The van der Waals surface area contributed by atoms with Gasteiger partial charge in [-0.15, -0.1) is 0 Å². The summed E-state index contributed by atoms with van der Waals surface area (Å²) in [5.74, 6) is -0.0258. The standard InChI is InChI=1S/C21H27FN2O2/c1-15(23-12-5-2-9-18(23)25)13-19(26)24-14-21(10-3-4-11-21)20-16(22)7-6-8-17(20)24/h6-8,15H,2-5,9-14H2,1H3. The predicted molar refractivity (Wildman–Crippen MR) is 98.5 cm³/mol.